The first kappa shape index (κ1) is 23.8. The Morgan fingerprint density at radius 3 is 2.71 bits per heavy atom. The van der Waals surface area contributed by atoms with Crippen molar-refractivity contribution in [1.82, 2.24) is 20.1 Å². The molecule has 0 spiro atoms. The van der Waals surface area contributed by atoms with Crippen molar-refractivity contribution in [1.29, 1.82) is 0 Å². The van der Waals surface area contributed by atoms with E-state index in [0.29, 0.717) is 40.3 Å². The molecule has 0 aliphatic carbocycles. The van der Waals surface area contributed by atoms with Crippen LogP contribution in [0.15, 0.2) is 40.9 Å². The van der Waals surface area contributed by atoms with Gasteiger partial charge < -0.3 is 18.7 Å². The minimum Gasteiger partial charge on any atom is -0.463 e. The first-order chi connectivity index (χ1) is 16.9. The van der Waals surface area contributed by atoms with Gasteiger partial charge in [-0.3, -0.25) is 0 Å². The monoisotopic (exact) mass is 517 g/mol. The van der Waals surface area contributed by atoms with Gasteiger partial charge in [0.15, 0.2) is 23.1 Å². The summed E-state index contributed by atoms with van der Waals surface area (Å²) < 4.78 is 46.2. The maximum atomic E-state index is 15.0. The number of piperidine rings is 1. The number of ether oxygens (including phenoxy) is 1. The number of thiazole rings is 1. The molecule has 3 unspecified atom stereocenters. The fourth-order valence-electron chi connectivity index (χ4n) is 3.83. The molecule has 1 aromatic carbocycles. The van der Waals surface area contributed by atoms with Gasteiger partial charge in [0.1, 0.15) is 16.5 Å². The number of benzene rings is 1. The minimum absolute atomic E-state index is 0.0880. The molecule has 3 aromatic heterocycles. The number of alkyl halides is 1. The topological polar surface area (TPSA) is 114 Å². The van der Waals surface area contributed by atoms with Crippen molar-refractivity contribution in [3.8, 4) is 16.5 Å². The zero-order valence-corrected chi connectivity index (χ0v) is 20.8. The third-order valence-corrected chi connectivity index (χ3v) is 7.16. The molecule has 0 saturated carbocycles. The maximum Gasteiger partial charge on any atom is 0.324 e. The van der Waals surface area contributed by atoms with Crippen molar-refractivity contribution in [2.24, 2.45) is 0 Å². The highest BCUT2D eigenvalue weighted by molar-refractivity contribution is 7.78. The van der Waals surface area contributed by atoms with Crippen LogP contribution in [0.3, 0.4) is 0 Å². The third-order valence-electron chi connectivity index (χ3n) is 5.73. The molecule has 0 bridgehead atoms. The summed E-state index contributed by atoms with van der Waals surface area (Å²) in [5.74, 6) is 0.831. The number of pyridine rings is 1. The molecule has 1 saturated heterocycles. The van der Waals surface area contributed by atoms with Crippen LogP contribution >= 0.6 is 11.3 Å². The quantitative estimate of drug-likeness (QED) is 0.352. The first-order valence-corrected chi connectivity index (χ1v) is 13.3. The van der Waals surface area contributed by atoms with Gasteiger partial charge >= 0.3 is 6.01 Å². The molecule has 5 rings (SSSR count). The average Bonchev–Trinajstić information content (AvgIpc) is 3.47. The Morgan fingerprint density at radius 2 is 2.03 bits per heavy atom. The number of hydrogen-bond acceptors (Lipinski definition) is 9. The van der Waals surface area contributed by atoms with Crippen LogP contribution in [0, 0.1) is 0 Å². The van der Waals surface area contributed by atoms with E-state index in [4.69, 9.17) is 13.8 Å². The molecular formula is C23H24FN5O4S2. The number of anilines is 1. The van der Waals surface area contributed by atoms with Gasteiger partial charge in [-0.15, -0.1) is 0 Å². The summed E-state index contributed by atoms with van der Waals surface area (Å²) in [6, 6.07) is 11.4. The summed E-state index contributed by atoms with van der Waals surface area (Å²) in [5.41, 5.74) is 3.09. The van der Waals surface area contributed by atoms with Crippen LogP contribution in [0.4, 0.5) is 10.4 Å². The summed E-state index contributed by atoms with van der Waals surface area (Å²) >= 11 is -0.600. The van der Waals surface area contributed by atoms with E-state index >= 15 is 0 Å². The summed E-state index contributed by atoms with van der Waals surface area (Å²) in [6.07, 6.45) is -1.40. The van der Waals surface area contributed by atoms with Gasteiger partial charge in [-0.25, -0.2) is 18.6 Å². The van der Waals surface area contributed by atoms with Crippen LogP contribution in [-0.4, -0.2) is 54.2 Å². The smallest absolute Gasteiger partial charge is 0.324 e. The number of nitrogens with zero attached hydrogens (tertiary/aromatic N) is 5. The van der Waals surface area contributed by atoms with E-state index in [9.17, 15) is 8.60 Å². The van der Waals surface area contributed by atoms with Crippen LogP contribution in [0.25, 0.3) is 21.6 Å². The van der Waals surface area contributed by atoms with Crippen molar-refractivity contribution in [3.63, 3.8) is 0 Å². The highest BCUT2D eigenvalue weighted by atomic mass is 32.2. The fourth-order valence-corrected chi connectivity index (χ4v) is 5.15. The molecule has 1 aliphatic rings. The maximum absolute atomic E-state index is 15.0. The molecule has 4 heterocycles. The standard InChI is InChI=1S/C23H24FN5O4S2/c1-13(2)20-27-22(33-28-20)29-10-9-19(16(24)11-29)32-23-26-18-8-7-17(25-21(18)34-23)15-5-3-14(4-6-15)12-35(30)31/h3-8,13,16,19H,9-12H2,1-2H3,(H,30,31). The van der Waals surface area contributed by atoms with Crippen molar-refractivity contribution >= 4 is 38.8 Å². The van der Waals surface area contributed by atoms with E-state index in [1.165, 1.54) is 11.3 Å². The Hall–Kier alpha value is -2.96. The second kappa shape index (κ2) is 9.96. The van der Waals surface area contributed by atoms with Gasteiger partial charge in [-0.1, -0.05) is 54.6 Å². The summed E-state index contributed by atoms with van der Waals surface area (Å²) in [6.45, 7) is 4.60. The Morgan fingerprint density at radius 1 is 1.23 bits per heavy atom. The second-order valence-corrected chi connectivity index (χ2v) is 10.5. The van der Waals surface area contributed by atoms with Crippen molar-refractivity contribution < 1.29 is 22.4 Å². The van der Waals surface area contributed by atoms with Gasteiger partial charge in [0.2, 0.25) is 0 Å². The Labute approximate surface area is 207 Å². The molecular weight excluding hydrogens is 493 g/mol. The molecule has 4 aromatic rings. The van der Waals surface area contributed by atoms with Gasteiger partial charge in [-0.05, 0) is 17.7 Å². The van der Waals surface area contributed by atoms with Crippen LogP contribution in [0.5, 0.6) is 5.19 Å². The number of fused-ring (bicyclic) bond motifs is 1. The predicted octanol–water partition coefficient (Wildman–Crippen LogP) is 4.58. The summed E-state index contributed by atoms with van der Waals surface area (Å²) in [4.78, 5) is 15.9. The summed E-state index contributed by atoms with van der Waals surface area (Å²) in [5, 5.41) is 4.33. The molecule has 9 nitrogen and oxygen atoms in total. The lowest BCUT2D eigenvalue weighted by Crippen LogP contribution is -2.47. The molecule has 1 aliphatic heterocycles. The van der Waals surface area contributed by atoms with Gasteiger partial charge in [-0.2, -0.15) is 4.98 Å². The normalized spacial score (nSPS) is 19.4. The second-order valence-electron chi connectivity index (χ2n) is 8.66. The van der Waals surface area contributed by atoms with Crippen molar-refractivity contribution in [2.45, 2.75) is 44.2 Å². The van der Waals surface area contributed by atoms with Gasteiger partial charge in [0, 0.05) is 24.4 Å². The zero-order valence-electron chi connectivity index (χ0n) is 19.1. The molecule has 0 amide bonds. The Bertz CT molecular complexity index is 1340. The third kappa shape index (κ3) is 5.34. The molecule has 184 valence electrons. The number of hydrogen-bond donors (Lipinski definition) is 1. The highest BCUT2D eigenvalue weighted by Crippen LogP contribution is 2.32. The van der Waals surface area contributed by atoms with E-state index in [0.717, 1.165) is 16.8 Å². The minimum atomic E-state index is -1.88. The van der Waals surface area contributed by atoms with Crippen LogP contribution in [0.2, 0.25) is 0 Å². The number of halogens is 1. The Kier molecular flexibility index (Phi) is 6.76. The lowest BCUT2D eigenvalue weighted by molar-refractivity contribution is 0.0802. The highest BCUT2D eigenvalue weighted by Gasteiger charge is 2.34. The number of aromatic nitrogens is 4. The molecule has 12 heteroatoms. The zero-order chi connectivity index (χ0) is 24.5. The van der Waals surface area contributed by atoms with Crippen molar-refractivity contribution in [3.05, 3.63) is 47.8 Å². The van der Waals surface area contributed by atoms with Crippen LogP contribution in [-0.2, 0) is 16.8 Å². The van der Waals surface area contributed by atoms with Crippen LogP contribution < -0.4 is 9.64 Å². The predicted molar refractivity (Wildman–Crippen MR) is 132 cm³/mol. The lowest BCUT2D eigenvalue weighted by atomic mass is 10.1. The number of rotatable bonds is 7. The van der Waals surface area contributed by atoms with E-state index in [1.54, 1.807) is 4.90 Å². The van der Waals surface area contributed by atoms with E-state index in [1.807, 2.05) is 50.2 Å². The SMILES string of the molecule is CC(C)c1noc(N2CCC(Oc3nc4ccc(-c5ccc(CS(=O)O)cc5)nc4s3)C(F)C2)n1. The van der Waals surface area contributed by atoms with Gasteiger partial charge in [0.25, 0.3) is 5.19 Å². The molecule has 3 atom stereocenters. The van der Waals surface area contributed by atoms with E-state index < -0.39 is 23.4 Å². The first-order valence-electron chi connectivity index (χ1n) is 11.2. The largest absolute Gasteiger partial charge is 0.463 e. The van der Waals surface area contributed by atoms with E-state index in [2.05, 4.69) is 20.1 Å². The Balaban J connectivity index is 1.25. The molecule has 35 heavy (non-hydrogen) atoms. The molecule has 0 radical (unpaired) electrons. The van der Waals surface area contributed by atoms with E-state index in [-0.39, 0.29) is 18.2 Å². The lowest BCUT2D eigenvalue weighted by Gasteiger charge is -2.32. The molecule has 1 N–H and O–H groups in total. The van der Waals surface area contributed by atoms with Crippen LogP contribution in [0.1, 0.15) is 37.6 Å². The fraction of sp³-hybridized carbons (Fsp3) is 0.391. The summed E-state index contributed by atoms with van der Waals surface area (Å²) in [7, 11) is 0. The molecule has 1 fully saturated rings. The van der Waals surface area contributed by atoms with Gasteiger partial charge in [0.05, 0.1) is 18.0 Å². The average molecular weight is 518 g/mol. The van der Waals surface area contributed by atoms with Crippen molar-refractivity contribution in [2.75, 3.05) is 18.0 Å².